The van der Waals surface area contributed by atoms with Gasteiger partial charge in [-0.3, -0.25) is 4.79 Å². The van der Waals surface area contributed by atoms with Gasteiger partial charge in [-0.15, -0.1) is 0 Å². The van der Waals surface area contributed by atoms with Gasteiger partial charge in [0.05, 0.1) is 6.61 Å². The Kier molecular flexibility index (Phi) is 4.68. The van der Waals surface area contributed by atoms with Crippen molar-refractivity contribution >= 4 is 5.91 Å². The predicted octanol–water partition coefficient (Wildman–Crippen LogP) is 1.12. The minimum atomic E-state index is 0.0957. The zero-order valence-corrected chi connectivity index (χ0v) is 11.8. The lowest BCUT2D eigenvalue weighted by molar-refractivity contribution is -0.128. The minimum Gasteiger partial charge on any atom is -0.493 e. The number of nitrogens with zero attached hydrogens (tertiary/aromatic N) is 1. The van der Waals surface area contributed by atoms with Crippen LogP contribution < -0.4 is 19.9 Å². The number of rotatable bonds is 6. The molecule has 1 aromatic carbocycles. The van der Waals surface area contributed by atoms with Gasteiger partial charge >= 0.3 is 0 Å². The lowest BCUT2D eigenvalue weighted by atomic mass is 10.1. The smallest absolute Gasteiger partial charge is 0.231 e. The highest BCUT2D eigenvalue weighted by Crippen LogP contribution is 2.38. The van der Waals surface area contributed by atoms with Gasteiger partial charge in [-0.2, -0.15) is 0 Å². The summed E-state index contributed by atoms with van der Waals surface area (Å²) >= 11 is 0. The van der Waals surface area contributed by atoms with Gasteiger partial charge in [0.15, 0.2) is 11.5 Å². The third-order valence-corrected chi connectivity index (χ3v) is 3.07. The van der Waals surface area contributed by atoms with Crippen LogP contribution in [0.4, 0.5) is 0 Å². The van der Waals surface area contributed by atoms with Gasteiger partial charge in [-0.05, 0) is 12.5 Å². The highest BCUT2D eigenvalue weighted by molar-refractivity contribution is 5.75. The average Bonchev–Trinajstić information content (AvgIpc) is 2.89. The molecule has 0 fully saturated rings. The predicted molar refractivity (Wildman–Crippen MR) is 73.9 cm³/mol. The fourth-order valence-electron chi connectivity index (χ4n) is 1.89. The van der Waals surface area contributed by atoms with E-state index >= 15 is 0 Å². The van der Waals surface area contributed by atoms with Gasteiger partial charge < -0.3 is 24.8 Å². The van der Waals surface area contributed by atoms with E-state index in [-0.39, 0.29) is 12.7 Å². The summed E-state index contributed by atoms with van der Waals surface area (Å²) in [6.45, 7) is 1.05. The van der Waals surface area contributed by atoms with E-state index in [1.165, 1.54) is 0 Å². The second-order valence-electron chi connectivity index (χ2n) is 4.76. The van der Waals surface area contributed by atoms with Crippen LogP contribution in [0.25, 0.3) is 0 Å². The maximum absolute atomic E-state index is 11.4. The van der Waals surface area contributed by atoms with Gasteiger partial charge in [0.25, 0.3) is 0 Å². The Morgan fingerprint density at radius 3 is 2.70 bits per heavy atom. The standard InChI is InChI=1S/C14H20N2O4/c1-16(2)14(17)4-3-5-18-11-7-13-12(19-9-20-13)6-10(11)8-15/h6-7H,3-5,8-9,15H2,1-2H3. The second-order valence-corrected chi connectivity index (χ2v) is 4.76. The molecule has 0 bridgehead atoms. The van der Waals surface area contributed by atoms with E-state index in [1.807, 2.05) is 6.07 Å². The summed E-state index contributed by atoms with van der Waals surface area (Å²) in [5.74, 6) is 2.15. The zero-order chi connectivity index (χ0) is 14.5. The summed E-state index contributed by atoms with van der Waals surface area (Å²) in [7, 11) is 3.49. The molecule has 20 heavy (non-hydrogen) atoms. The van der Waals surface area contributed by atoms with Crippen LogP contribution in [0.5, 0.6) is 17.2 Å². The van der Waals surface area contributed by atoms with Crippen LogP contribution in [0.3, 0.4) is 0 Å². The van der Waals surface area contributed by atoms with Gasteiger partial charge in [-0.1, -0.05) is 0 Å². The van der Waals surface area contributed by atoms with E-state index in [4.69, 9.17) is 19.9 Å². The van der Waals surface area contributed by atoms with Crippen molar-refractivity contribution in [3.05, 3.63) is 17.7 Å². The minimum absolute atomic E-state index is 0.0957. The number of amides is 1. The molecule has 1 aliphatic rings. The largest absolute Gasteiger partial charge is 0.493 e. The molecule has 0 saturated heterocycles. The first-order valence-electron chi connectivity index (χ1n) is 6.57. The summed E-state index contributed by atoms with van der Waals surface area (Å²) in [5.41, 5.74) is 6.57. The van der Waals surface area contributed by atoms with Crippen LogP contribution in [0.15, 0.2) is 12.1 Å². The number of carbonyl (C=O) groups is 1. The SMILES string of the molecule is CN(C)C(=O)CCCOc1cc2c(cc1CN)OCO2. The van der Waals surface area contributed by atoms with Crippen molar-refractivity contribution in [2.75, 3.05) is 27.5 Å². The maximum atomic E-state index is 11.4. The number of ether oxygens (including phenoxy) is 3. The molecule has 2 rings (SSSR count). The van der Waals surface area contributed by atoms with Crippen LogP contribution in [0, 0.1) is 0 Å². The number of fused-ring (bicyclic) bond motifs is 1. The molecule has 6 nitrogen and oxygen atoms in total. The molecule has 1 heterocycles. The van der Waals surface area contributed by atoms with Crippen LogP contribution in [-0.2, 0) is 11.3 Å². The molecule has 2 N–H and O–H groups in total. The Hall–Kier alpha value is -1.95. The lowest BCUT2D eigenvalue weighted by Crippen LogP contribution is -2.21. The molecule has 0 aromatic heterocycles. The molecule has 1 amide bonds. The summed E-state index contributed by atoms with van der Waals surface area (Å²) in [6.07, 6.45) is 1.13. The van der Waals surface area contributed by atoms with E-state index < -0.39 is 0 Å². The van der Waals surface area contributed by atoms with E-state index in [9.17, 15) is 4.79 Å². The molecule has 0 spiro atoms. The third-order valence-electron chi connectivity index (χ3n) is 3.07. The Labute approximate surface area is 118 Å². The molecule has 1 aromatic rings. The van der Waals surface area contributed by atoms with Crippen molar-refractivity contribution in [2.45, 2.75) is 19.4 Å². The van der Waals surface area contributed by atoms with E-state index in [0.29, 0.717) is 43.2 Å². The number of benzene rings is 1. The van der Waals surface area contributed by atoms with Crippen LogP contribution in [0.1, 0.15) is 18.4 Å². The first-order chi connectivity index (χ1) is 9.61. The quantitative estimate of drug-likeness (QED) is 0.790. The van der Waals surface area contributed by atoms with E-state index in [1.54, 1.807) is 25.1 Å². The molecular formula is C14H20N2O4. The summed E-state index contributed by atoms with van der Waals surface area (Å²) < 4.78 is 16.3. The molecule has 6 heteroatoms. The maximum Gasteiger partial charge on any atom is 0.231 e. The van der Waals surface area contributed by atoms with Gasteiger partial charge in [-0.25, -0.2) is 0 Å². The van der Waals surface area contributed by atoms with Crippen molar-refractivity contribution in [3.8, 4) is 17.2 Å². The van der Waals surface area contributed by atoms with E-state index in [0.717, 1.165) is 5.56 Å². The Morgan fingerprint density at radius 2 is 2.05 bits per heavy atom. The monoisotopic (exact) mass is 280 g/mol. The summed E-state index contributed by atoms with van der Waals surface area (Å²) in [5, 5.41) is 0. The van der Waals surface area contributed by atoms with Crippen molar-refractivity contribution in [1.29, 1.82) is 0 Å². The zero-order valence-electron chi connectivity index (χ0n) is 11.8. The summed E-state index contributed by atoms with van der Waals surface area (Å²) in [4.78, 5) is 13.0. The number of carbonyl (C=O) groups excluding carboxylic acids is 1. The molecule has 0 radical (unpaired) electrons. The molecule has 1 aliphatic heterocycles. The molecular weight excluding hydrogens is 260 g/mol. The van der Waals surface area contributed by atoms with Crippen LogP contribution in [-0.4, -0.2) is 38.3 Å². The molecule has 0 aliphatic carbocycles. The fraction of sp³-hybridized carbons (Fsp3) is 0.500. The Balaban J connectivity index is 1.91. The van der Waals surface area contributed by atoms with Crippen molar-refractivity contribution in [2.24, 2.45) is 5.73 Å². The normalized spacial score (nSPS) is 12.3. The lowest BCUT2D eigenvalue weighted by Gasteiger charge is -2.13. The highest BCUT2D eigenvalue weighted by atomic mass is 16.7. The van der Waals surface area contributed by atoms with Crippen molar-refractivity contribution < 1.29 is 19.0 Å². The first kappa shape index (κ1) is 14.5. The second kappa shape index (κ2) is 6.47. The average molecular weight is 280 g/mol. The van der Waals surface area contributed by atoms with Crippen molar-refractivity contribution in [1.82, 2.24) is 4.90 Å². The summed E-state index contributed by atoms with van der Waals surface area (Å²) in [6, 6.07) is 3.63. The van der Waals surface area contributed by atoms with Gasteiger partial charge in [0.2, 0.25) is 12.7 Å². The Morgan fingerprint density at radius 1 is 1.35 bits per heavy atom. The highest BCUT2D eigenvalue weighted by Gasteiger charge is 2.17. The number of hydrogen-bond donors (Lipinski definition) is 1. The van der Waals surface area contributed by atoms with Crippen molar-refractivity contribution in [3.63, 3.8) is 0 Å². The fourth-order valence-corrected chi connectivity index (χ4v) is 1.89. The topological polar surface area (TPSA) is 74.0 Å². The molecule has 110 valence electrons. The van der Waals surface area contributed by atoms with Gasteiger partial charge in [0.1, 0.15) is 5.75 Å². The number of nitrogens with two attached hydrogens (primary N) is 1. The Bertz CT molecular complexity index is 488. The van der Waals surface area contributed by atoms with Crippen LogP contribution >= 0.6 is 0 Å². The molecule has 0 atom stereocenters. The van der Waals surface area contributed by atoms with E-state index in [2.05, 4.69) is 0 Å². The first-order valence-corrected chi connectivity index (χ1v) is 6.57. The van der Waals surface area contributed by atoms with Crippen LogP contribution in [0.2, 0.25) is 0 Å². The molecule has 0 unspecified atom stereocenters. The molecule has 0 saturated carbocycles. The third kappa shape index (κ3) is 3.33. The van der Waals surface area contributed by atoms with Gasteiger partial charge in [0, 0.05) is 38.7 Å². The number of hydrogen-bond acceptors (Lipinski definition) is 5.